The van der Waals surface area contributed by atoms with Crippen LogP contribution in [0.2, 0.25) is 0 Å². The molecule has 29 heavy (non-hydrogen) atoms. The zero-order valence-electron chi connectivity index (χ0n) is 17.9. The lowest BCUT2D eigenvalue weighted by Gasteiger charge is -2.28. The molecule has 0 saturated carbocycles. The molecule has 0 bridgehead atoms. The Kier molecular flexibility index (Phi) is 5.86. The molecule has 0 spiro atoms. The molecule has 0 amide bonds. The average molecular weight is 389 g/mol. The summed E-state index contributed by atoms with van der Waals surface area (Å²) >= 11 is 0. The first-order valence-electron chi connectivity index (χ1n) is 10.9. The molecule has 1 saturated heterocycles. The quantitative estimate of drug-likeness (QED) is 0.558. The molecule has 2 aromatic carbocycles. The molecule has 3 aromatic rings. The van der Waals surface area contributed by atoms with E-state index in [0.29, 0.717) is 18.3 Å². The summed E-state index contributed by atoms with van der Waals surface area (Å²) in [6.45, 7) is 6.71. The molecule has 1 aliphatic heterocycles. The van der Waals surface area contributed by atoms with Crippen molar-refractivity contribution in [1.82, 2.24) is 9.88 Å². The average Bonchev–Trinajstić information content (AvgIpc) is 3.12. The second kappa shape index (κ2) is 8.54. The Hall–Kier alpha value is -2.39. The lowest BCUT2D eigenvalue weighted by molar-refractivity contribution is 0.0992. The van der Waals surface area contributed by atoms with Gasteiger partial charge in [-0.25, -0.2) is 0 Å². The van der Waals surface area contributed by atoms with E-state index in [1.54, 1.807) is 0 Å². The van der Waals surface area contributed by atoms with Crippen LogP contribution in [0.5, 0.6) is 0 Å². The molecule has 4 rings (SSSR count). The van der Waals surface area contributed by atoms with Crippen LogP contribution in [0.1, 0.15) is 59.7 Å². The molecular weight excluding hydrogens is 356 g/mol. The SMILES string of the molecule is CC(C)Cc1ccccc1C(=O)Cc1ccc2[nH]cc(C3CCN(C)CC3)c2c1. The Labute approximate surface area is 174 Å². The van der Waals surface area contributed by atoms with Crippen LogP contribution < -0.4 is 0 Å². The van der Waals surface area contributed by atoms with Crippen LogP contribution in [0.3, 0.4) is 0 Å². The molecule has 0 radical (unpaired) electrons. The zero-order valence-corrected chi connectivity index (χ0v) is 17.9. The van der Waals surface area contributed by atoms with Gasteiger partial charge in [0.2, 0.25) is 0 Å². The van der Waals surface area contributed by atoms with Gasteiger partial charge in [-0.1, -0.05) is 44.2 Å². The van der Waals surface area contributed by atoms with Gasteiger partial charge in [0.15, 0.2) is 5.78 Å². The fourth-order valence-corrected chi connectivity index (χ4v) is 4.65. The number of aromatic amines is 1. The third kappa shape index (κ3) is 4.45. The molecular formula is C26H32N2O. The Morgan fingerprint density at radius 3 is 2.66 bits per heavy atom. The van der Waals surface area contributed by atoms with Crippen molar-refractivity contribution in [2.45, 2.75) is 45.4 Å². The third-order valence-corrected chi connectivity index (χ3v) is 6.25. The van der Waals surface area contributed by atoms with Crippen molar-refractivity contribution < 1.29 is 4.79 Å². The summed E-state index contributed by atoms with van der Waals surface area (Å²) in [6.07, 6.45) is 6.00. The molecule has 3 nitrogen and oxygen atoms in total. The minimum Gasteiger partial charge on any atom is -0.361 e. The highest BCUT2D eigenvalue weighted by Gasteiger charge is 2.21. The number of rotatable bonds is 6. The van der Waals surface area contributed by atoms with Gasteiger partial charge >= 0.3 is 0 Å². The van der Waals surface area contributed by atoms with Crippen LogP contribution in [0.15, 0.2) is 48.7 Å². The van der Waals surface area contributed by atoms with E-state index < -0.39 is 0 Å². The Balaban J connectivity index is 1.57. The zero-order chi connectivity index (χ0) is 20.4. The third-order valence-electron chi connectivity index (χ3n) is 6.25. The number of carbonyl (C=O) groups excluding carboxylic acids is 1. The van der Waals surface area contributed by atoms with Crippen molar-refractivity contribution in [1.29, 1.82) is 0 Å². The van der Waals surface area contributed by atoms with E-state index >= 15 is 0 Å². The lowest BCUT2D eigenvalue weighted by Crippen LogP contribution is -2.29. The molecule has 0 unspecified atom stereocenters. The number of ketones is 1. The number of H-pyrrole nitrogens is 1. The summed E-state index contributed by atoms with van der Waals surface area (Å²) < 4.78 is 0. The van der Waals surface area contributed by atoms with Gasteiger partial charge in [0.25, 0.3) is 0 Å². The van der Waals surface area contributed by atoms with Crippen LogP contribution in [0.25, 0.3) is 10.9 Å². The predicted octanol–water partition coefficient (Wildman–Crippen LogP) is 5.60. The second-order valence-corrected chi connectivity index (χ2v) is 9.06. The monoisotopic (exact) mass is 388 g/mol. The van der Waals surface area contributed by atoms with Crippen molar-refractivity contribution in [3.05, 3.63) is 70.9 Å². The minimum atomic E-state index is 0.219. The van der Waals surface area contributed by atoms with E-state index in [1.807, 2.05) is 18.2 Å². The summed E-state index contributed by atoms with van der Waals surface area (Å²) in [6, 6.07) is 14.6. The van der Waals surface area contributed by atoms with Crippen molar-refractivity contribution >= 4 is 16.7 Å². The van der Waals surface area contributed by atoms with Crippen LogP contribution in [0, 0.1) is 5.92 Å². The number of nitrogens with zero attached hydrogens (tertiary/aromatic N) is 1. The first kappa shape index (κ1) is 19.9. The summed E-state index contributed by atoms with van der Waals surface area (Å²) in [5.41, 5.74) is 5.75. The number of fused-ring (bicyclic) bond motifs is 1. The first-order valence-corrected chi connectivity index (χ1v) is 10.9. The molecule has 1 aliphatic rings. The van der Waals surface area contributed by atoms with Crippen LogP contribution >= 0.6 is 0 Å². The van der Waals surface area contributed by atoms with Gasteiger partial charge in [-0.15, -0.1) is 0 Å². The Bertz CT molecular complexity index is 993. The Morgan fingerprint density at radius 2 is 1.90 bits per heavy atom. The van der Waals surface area contributed by atoms with Crippen molar-refractivity contribution in [2.24, 2.45) is 5.92 Å². The number of aromatic nitrogens is 1. The summed E-state index contributed by atoms with van der Waals surface area (Å²) in [5.74, 6) is 1.37. The van der Waals surface area contributed by atoms with Crippen LogP contribution in [-0.4, -0.2) is 35.8 Å². The maximum Gasteiger partial charge on any atom is 0.167 e. The van der Waals surface area contributed by atoms with Gasteiger partial charge < -0.3 is 9.88 Å². The maximum atomic E-state index is 13.1. The van der Waals surface area contributed by atoms with Gasteiger partial charge in [0.1, 0.15) is 0 Å². The van der Waals surface area contributed by atoms with E-state index in [1.165, 1.54) is 34.9 Å². The number of benzene rings is 2. The van der Waals surface area contributed by atoms with Gasteiger partial charge in [0, 0.05) is 29.1 Å². The molecule has 3 heteroatoms. The van der Waals surface area contributed by atoms with Gasteiger partial charge in [0.05, 0.1) is 0 Å². The molecule has 1 fully saturated rings. The smallest absolute Gasteiger partial charge is 0.167 e. The first-order chi connectivity index (χ1) is 14.0. The van der Waals surface area contributed by atoms with E-state index in [2.05, 4.69) is 61.2 Å². The molecule has 0 aliphatic carbocycles. The molecule has 152 valence electrons. The number of hydrogen-bond acceptors (Lipinski definition) is 2. The highest BCUT2D eigenvalue weighted by Crippen LogP contribution is 2.33. The van der Waals surface area contributed by atoms with Crippen molar-refractivity contribution in [2.75, 3.05) is 20.1 Å². The number of nitrogens with one attached hydrogen (secondary N) is 1. The fraction of sp³-hybridized carbons (Fsp3) is 0.423. The predicted molar refractivity (Wildman–Crippen MR) is 121 cm³/mol. The van der Waals surface area contributed by atoms with Crippen LogP contribution in [0.4, 0.5) is 0 Å². The van der Waals surface area contributed by atoms with E-state index in [9.17, 15) is 4.79 Å². The number of Topliss-reactive ketones (excluding diaryl/α,β-unsaturated/α-hetero) is 1. The number of hydrogen-bond donors (Lipinski definition) is 1. The number of likely N-dealkylation sites (tertiary alicyclic amines) is 1. The highest BCUT2D eigenvalue weighted by atomic mass is 16.1. The van der Waals surface area contributed by atoms with E-state index in [0.717, 1.165) is 30.6 Å². The summed E-state index contributed by atoms with van der Waals surface area (Å²) in [4.78, 5) is 18.9. The normalized spacial score (nSPS) is 16.0. The maximum absolute atomic E-state index is 13.1. The molecule has 2 heterocycles. The van der Waals surface area contributed by atoms with Crippen molar-refractivity contribution in [3.63, 3.8) is 0 Å². The van der Waals surface area contributed by atoms with Gasteiger partial charge in [-0.3, -0.25) is 4.79 Å². The van der Waals surface area contributed by atoms with Gasteiger partial charge in [-0.2, -0.15) is 0 Å². The standard InChI is InChI=1S/C26H32N2O/c1-18(2)14-21-6-4-5-7-22(21)26(29)16-19-8-9-25-23(15-19)24(17-27-25)20-10-12-28(3)13-11-20/h4-9,15,17-18,20,27H,10-14,16H2,1-3H3. The largest absolute Gasteiger partial charge is 0.361 e. The highest BCUT2D eigenvalue weighted by molar-refractivity contribution is 5.99. The van der Waals surface area contributed by atoms with Crippen LogP contribution in [-0.2, 0) is 12.8 Å². The van der Waals surface area contributed by atoms with Crippen molar-refractivity contribution in [3.8, 4) is 0 Å². The van der Waals surface area contributed by atoms with E-state index in [-0.39, 0.29) is 5.78 Å². The topological polar surface area (TPSA) is 36.1 Å². The Morgan fingerprint density at radius 1 is 1.14 bits per heavy atom. The summed E-state index contributed by atoms with van der Waals surface area (Å²) in [5, 5.41) is 1.29. The molecule has 1 aromatic heterocycles. The second-order valence-electron chi connectivity index (χ2n) is 9.06. The summed E-state index contributed by atoms with van der Waals surface area (Å²) in [7, 11) is 2.20. The van der Waals surface area contributed by atoms with Gasteiger partial charge in [-0.05, 0) is 80.1 Å². The lowest BCUT2D eigenvalue weighted by atomic mass is 9.88. The number of carbonyl (C=O) groups is 1. The molecule has 0 atom stereocenters. The number of piperidine rings is 1. The molecule has 1 N–H and O–H groups in total. The minimum absolute atomic E-state index is 0.219. The fourth-order valence-electron chi connectivity index (χ4n) is 4.65. The van der Waals surface area contributed by atoms with E-state index in [4.69, 9.17) is 0 Å².